The van der Waals surface area contributed by atoms with Crippen LogP contribution in [0.3, 0.4) is 0 Å². The maximum Gasteiger partial charge on any atom is 0.274 e. The molecule has 0 atom stereocenters. The van der Waals surface area contributed by atoms with Gasteiger partial charge >= 0.3 is 0 Å². The molecule has 1 saturated heterocycles. The van der Waals surface area contributed by atoms with Crippen molar-refractivity contribution in [2.75, 3.05) is 43.0 Å². The number of hydrogen-bond donors (Lipinski definition) is 0. The number of para-hydroxylation sites is 2. The quantitative estimate of drug-likeness (QED) is 0.683. The minimum absolute atomic E-state index is 0.153. The minimum atomic E-state index is -0.240. The zero-order chi connectivity index (χ0) is 20.2. The lowest BCUT2D eigenvalue weighted by Gasteiger charge is -2.36. The molecule has 0 bridgehead atoms. The summed E-state index contributed by atoms with van der Waals surface area (Å²) in [6, 6.07) is 16.5. The summed E-state index contributed by atoms with van der Waals surface area (Å²) in [5.41, 5.74) is 1.88. The maximum absolute atomic E-state index is 14.0. The van der Waals surface area contributed by atoms with Crippen molar-refractivity contribution in [2.24, 2.45) is 0 Å². The van der Waals surface area contributed by atoms with Crippen LogP contribution >= 0.6 is 0 Å². The van der Waals surface area contributed by atoms with Crippen molar-refractivity contribution in [3.05, 3.63) is 78.5 Å². The lowest BCUT2D eigenvalue weighted by Crippen LogP contribution is -2.49. The Morgan fingerprint density at radius 3 is 2.28 bits per heavy atom. The van der Waals surface area contributed by atoms with Crippen LogP contribution in [0.2, 0.25) is 0 Å². The predicted molar refractivity (Wildman–Crippen MR) is 111 cm³/mol. The topological polar surface area (TPSA) is 52.6 Å². The van der Waals surface area contributed by atoms with E-state index in [1.54, 1.807) is 23.2 Å². The van der Waals surface area contributed by atoms with Gasteiger partial charge in [0.1, 0.15) is 11.5 Å². The van der Waals surface area contributed by atoms with Crippen LogP contribution in [0.25, 0.3) is 0 Å². The van der Waals surface area contributed by atoms with E-state index in [1.807, 2.05) is 53.2 Å². The Kier molecular flexibility index (Phi) is 5.37. The first kappa shape index (κ1) is 18.9. The fraction of sp³-hybridized carbons (Fsp3) is 0.227. The Balaban J connectivity index is 1.40. The molecule has 2 aromatic carbocycles. The van der Waals surface area contributed by atoms with Crippen LogP contribution in [-0.4, -0.2) is 54.0 Å². The highest BCUT2D eigenvalue weighted by molar-refractivity contribution is 5.92. The first-order valence-corrected chi connectivity index (χ1v) is 9.53. The van der Waals surface area contributed by atoms with Crippen molar-refractivity contribution < 1.29 is 9.18 Å². The number of halogens is 1. The fourth-order valence-corrected chi connectivity index (χ4v) is 3.41. The molecule has 6 nitrogen and oxygen atoms in total. The zero-order valence-electron chi connectivity index (χ0n) is 16.2. The second-order valence-corrected chi connectivity index (χ2v) is 6.89. The number of aromatic nitrogens is 2. The molecule has 1 aliphatic heterocycles. The highest BCUT2D eigenvalue weighted by atomic mass is 19.1. The number of carbonyl (C=O) groups excluding carboxylic acids is 1. The van der Waals surface area contributed by atoms with E-state index in [4.69, 9.17) is 0 Å². The molecule has 7 heteroatoms. The molecule has 0 aliphatic carbocycles. The molecular weight excluding hydrogens is 369 g/mol. The highest BCUT2D eigenvalue weighted by Gasteiger charge is 2.24. The first-order chi connectivity index (χ1) is 14.1. The number of amides is 1. The number of carbonyl (C=O) groups is 1. The van der Waals surface area contributed by atoms with Gasteiger partial charge in [0.15, 0.2) is 5.82 Å². The maximum atomic E-state index is 14.0. The van der Waals surface area contributed by atoms with Crippen molar-refractivity contribution in [1.29, 1.82) is 0 Å². The SMILES string of the molecule is CN(c1ccccc1)c1cnc(C(=O)N2CCN(c3ccccc3F)CC2)cn1. The molecule has 1 aliphatic rings. The predicted octanol–water partition coefficient (Wildman–Crippen LogP) is 3.35. The third-order valence-corrected chi connectivity index (χ3v) is 5.10. The van der Waals surface area contributed by atoms with Crippen LogP contribution in [0.5, 0.6) is 0 Å². The van der Waals surface area contributed by atoms with Gasteiger partial charge in [-0.1, -0.05) is 30.3 Å². The fourth-order valence-electron chi connectivity index (χ4n) is 3.41. The molecule has 0 N–H and O–H groups in total. The van der Waals surface area contributed by atoms with Crippen molar-refractivity contribution >= 4 is 23.1 Å². The number of piperazine rings is 1. The van der Waals surface area contributed by atoms with Gasteiger partial charge in [-0.3, -0.25) is 4.79 Å². The summed E-state index contributed by atoms with van der Waals surface area (Å²) in [5, 5.41) is 0. The van der Waals surface area contributed by atoms with Crippen LogP contribution in [0.15, 0.2) is 67.0 Å². The summed E-state index contributed by atoms with van der Waals surface area (Å²) in [6.45, 7) is 2.19. The van der Waals surface area contributed by atoms with E-state index >= 15 is 0 Å². The molecule has 4 rings (SSSR count). The monoisotopic (exact) mass is 391 g/mol. The third-order valence-electron chi connectivity index (χ3n) is 5.10. The lowest BCUT2D eigenvalue weighted by molar-refractivity contribution is 0.0740. The molecule has 0 unspecified atom stereocenters. The van der Waals surface area contributed by atoms with E-state index in [1.165, 1.54) is 12.3 Å². The number of benzene rings is 2. The van der Waals surface area contributed by atoms with Gasteiger partial charge in [0.05, 0.1) is 18.1 Å². The van der Waals surface area contributed by atoms with Gasteiger partial charge in [-0.25, -0.2) is 14.4 Å². The summed E-state index contributed by atoms with van der Waals surface area (Å²) in [6.07, 6.45) is 3.12. The van der Waals surface area contributed by atoms with Crippen molar-refractivity contribution in [1.82, 2.24) is 14.9 Å². The Bertz CT molecular complexity index is 972. The Labute approximate surface area is 169 Å². The molecule has 1 fully saturated rings. The molecule has 1 amide bonds. The molecule has 0 saturated carbocycles. The first-order valence-electron chi connectivity index (χ1n) is 9.53. The van der Waals surface area contributed by atoms with Gasteiger partial charge in [0, 0.05) is 38.9 Å². The van der Waals surface area contributed by atoms with E-state index in [-0.39, 0.29) is 11.7 Å². The second-order valence-electron chi connectivity index (χ2n) is 6.89. The number of nitrogens with zero attached hydrogens (tertiary/aromatic N) is 5. The van der Waals surface area contributed by atoms with Gasteiger partial charge in [0.2, 0.25) is 0 Å². The zero-order valence-corrected chi connectivity index (χ0v) is 16.2. The van der Waals surface area contributed by atoms with E-state index in [2.05, 4.69) is 9.97 Å². The van der Waals surface area contributed by atoms with Crippen LogP contribution in [0.1, 0.15) is 10.5 Å². The average molecular weight is 391 g/mol. The molecule has 1 aromatic heterocycles. The number of anilines is 3. The van der Waals surface area contributed by atoms with Crippen molar-refractivity contribution in [3.63, 3.8) is 0 Å². The van der Waals surface area contributed by atoms with E-state index in [0.29, 0.717) is 43.4 Å². The molecule has 0 spiro atoms. The normalized spacial score (nSPS) is 14.0. The summed E-state index contributed by atoms with van der Waals surface area (Å²) in [4.78, 5) is 27.1. The average Bonchev–Trinajstić information content (AvgIpc) is 2.79. The van der Waals surface area contributed by atoms with Crippen LogP contribution in [0, 0.1) is 5.82 Å². The van der Waals surface area contributed by atoms with Gasteiger partial charge in [-0.05, 0) is 24.3 Å². The number of rotatable bonds is 4. The van der Waals surface area contributed by atoms with E-state index in [9.17, 15) is 9.18 Å². The van der Waals surface area contributed by atoms with Crippen molar-refractivity contribution in [2.45, 2.75) is 0 Å². The van der Waals surface area contributed by atoms with Gasteiger partial charge < -0.3 is 14.7 Å². The van der Waals surface area contributed by atoms with E-state index in [0.717, 1.165) is 5.69 Å². The van der Waals surface area contributed by atoms with Crippen LogP contribution < -0.4 is 9.80 Å². The standard InChI is InChI=1S/C22H22FN5O/c1-26(17-7-3-2-4-8-17)21-16-24-19(15-25-21)22(29)28-13-11-27(12-14-28)20-10-6-5-9-18(20)23/h2-10,15-16H,11-14H2,1H3. The minimum Gasteiger partial charge on any atom is -0.366 e. The summed E-state index contributed by atoms with van der Waals surface area (Å²) in [5.74, 6) is 0.271. The Hall–Kier alpha value is -3.48. The number of hydrogen-bond acceptors (Lipinski definition) is 5. The third kappa shape index (κ3) is 4.03. The molecule has 3 aromatic rings. The van der Waals surface area contributed by atoms with Crippen LogP contribution in [0.4, 0.5) is 21.6 Å². The smallest absolute Gasteiger partial charge is 0.274 e. The van der Waals surface area contributed by atoms with Gasteiger partial charge in [-0.15, -0.1) is 0 Å². The molecule has 2 heterocycles. The molecular formula is C22H22FN5O. The summed E-state index contributed by atoms with van der Waals surface area (Å²) >= 11 is 0. The van der Waals surface area contributed by atoms with E-state index < -0.39 is 0 Å². The summed E-state index contributed by atoms with van der Waals surface area (Å²) in [7, 11) is 1.91. The highest BCUT2D eigenvalue weighted by Crippen LogP contribution is 2.22. The van der Waals surface area contributed by atoms with Gasteiger partial charge in [-0.2, -0.15) is 0 Å². The van der Waals surface area contributed by atoms with Crippen LogP contribution in [-0.2, 0) is 0 Å². The largest absolute Gasteiger partial charge is 0.366 e. The van der Waals surface area contributed by atoms with Gasteiger partial charge in [0.25, 0.3) is 5.91 Å². The Morgan fingerprint density at radius 1 is 0.931 bits per heavy atom. The molecule has 0 radical (unpaired) electrons. The van der Waals surface area contributed by atoms with Crippen molar-refractivity contribution in [3.8, 4) is 0 Å². The second kappa shape index (κ2) is 8.26. The lowest BCUT2D eigenvalue weighted by atomic mass is 10.2. The molecule has 29 heavy (non-hydrogen) atoms. The molecule has 148 valence electrons. The summed E-state index contributed by atoms with van der Waals surface area (Å²) < 4.78 is 14.0. The Morgan fingerprint density at radius 2 is 1.62 bits per heavy atom.